The van der Waals surface area contributed by atoms with Gasteiger partial charge in [-0.25, -0.2) is 24.3 Å². The molecule has 7 nitrogen and oxygen atoms in total. The van der Waals surface area contributed by atoms with Crippen molar-refractivity contribution in [3.63, 3.8) is 0 Å². The monoisotopic (exact) mass is 459 g/mol. The van der Waals surface area contributed by atoms with Crippen LogP contribution in [-0.2, 0) is 0 Å². The smallest absolute Gasteiger partial charge is 0.187 e. The van der Waals surface area contributed by atoms with Gasteiger partial charge in [0, 0.05) is 43.1 Å². The summed E-state index contributed by atoms with van der Waals surface area (Å²) in [5, 5.41) is 4.66. The number of pyridine rings is 1. The predicted octanol–water partition coefficient (Wildman–Crippen LogP) is 3.99. The number of piperidine rings is 1. The summed E-state index contributed by atoms with van der Waals surface area (Å²) in [6, 6.07) is 3.21. The van der Waals surface area contributed by atoms with Gasteiger partial charge in [0.15, 0.2) is 22.4 Å². The molecule has 10 heteroatoms. The molecule has 2 saturated heterocycles. The van der Waals surface area contributed by atoms with Crippen molar-refractivity contribution in [2.45, 2.75) is 50.7 Å². The average Bonchev–Trinajstić information content (AvgIpc) is 3.42. The van der Waals surface area contributed by atoms with Crippen molar-refractivity contribution in [3.05, 3.63) is 36.2 Å². The highest BCUT2D eigenvalue weighted by atomic mass is 35.5. The van der Waals surface area contributed by atoms with E-state index in [1.165, 1.54) is 18.9 Å². The van der Waals surface area contributed by atoms with Crippen molar-refractivity contribution < 1.29 is 4.39 Å². The highest BCUT2D eigenvalue weighted by Crippen LogP contribution is 2.34. The number of fused-ring (bicyclic) bond motifs is 4. The molecule has 2 atom stereocenters. The summed E-state index contributed by atoms with van der Waals surface area (Å²) in [7, 11) is 2.13. The first-order chi connectivity index (χ1) is 14.5. The Labute approximate surface area is 189 Å². The molecule has 0 spiro atoms. The van der Waals surface area contributed by atoms with Crippen molar-refractivity contribution in [1.29, 1.82) is 0 Å². The van der Waals surface area contributed by atoms with Crippen LogP contribution in [0.1, 0.15) is 31.4 Å². The molecule has 0 aromatic carbocycles. The minimum Gasteiger partial charge on any atom is -0.348 e. The van der Waals surface area contributed by atoms with Gasteiger partial charge >= 0.3 is 0 Å². The Morgan fingerprint density at radius 1 is 1.16 bits per heavy atom. The van der Waals surface area contributed by atoms with Crippen LogP contribution in [0.3, 0.4) is 0 Å². The van der Waals surface area contributed by atoms with E-state index in [1.54, 1.807) is 28.1 Å². The lowest BCUT2D eigenvalue weighted by Gasteiger charge is -2.35. The zero-order chi connectivity index (χ0) is 20.4. The third kappa shape index (κ3) is 3.54. The van der Waals surface area contributed by atoms with Crippen molar-refractivity contribution >= 4 is 44.9 Å². The van der Waals surface area contributed by atoms with Gasteiger partial charge in [0.1, 0.15) is 10.3 Å². The maximum Gasteiger partial charge on any atom is 0.187 e. The Morgan fingerprint density at radius 3 is 2.71 bits per heavy atom. The second-order valence-electron chi connectivity index (χ2n) is 8.44. The molecule has 2 bridgehead atoms. The van der Waals surface area contributed by atoms with Crippen molar-refractivity contribution in [3.8, 4) is 11.4 Å². The third-order valence-electron chi connectivity index (χ3n) is 6.32. The van der Waals surface area contributed by atoms with E-state index >= 15 is 0 Å². The van der Waals surface area contributed by atoms with E-state index in [0.29, 0.717) is 35.2 Å². The molecule has 0 saturated carbocycles. The summed E-state index contributed by atoms with van der Waals surface area (Å²) < 4.78 is 16.2. The minimum absolute atomic E-state index is 0. The van der Waals surface area contributed by atoms with E-state index < -0.39 is 0 Å². The third-order valence-corrected chi connectivity index (χ3v) is 7.38. The number of aromatic nitrogens is 5. The van der Waals surface area contributed by atoms with E-state index in [2.05, 4.69) is 27.2 Å². The lowest BCUT2D eigenvalue weighted by molar-refractivity contribution is 0.354. The second-order valence-corrected chi connectivity index (χ2v) is 9.40. The van der Waals surface area contributed by atoms with Gasteiger partial charge in [0.05, 0.1) is 11.9 Å². The maximum atomic E-state index is 14.5. The van der Waals surface area contributed by atoms with Gasteiger partial charge < -0.3 is 14.6 Å². The highest BCUT2D eigenvalue weighted by molar-refractivity contribution is 7.21. The van der Waals surface area contributed by atoms with Crippen molar-refractivity contribution in [2.24, 2.45) is 0 Å². The molecule has 0 amide bonds. The van der Waals surface area contributed by atoms with Crippen molar-refractivity contribution in [1.82, 2.24) is 29.7 Å². The average molecular weight is 460 g/mol. The first-order valence-electron chi connectivity index (χ1n) is 10.3. The number of nitrogens with zero attached hydrogens (tertiary/aromatic N) is 6. The minimum atomic E-state index is -0.380. The van der Waals surface area contributed by atoms with Crippen LogP contribution < -0.4 is 10.2 Å². The lowest BCUT2D eigenvalue weighted by Crippen LogP contribution is -2.47. The Balaban J connectivity index is 0.00000204. The number of aryl methyl sites for hydroxylation is 1. The molecule has 2 aliphatic rings. The number of thiazole rings is 1. The number of halogens is 2. The Hall–Kier alpha value is -2.36. The van der Waals surface area contributed by atoms with Crippen LogP contribution in [-0.4, -0.2) is 49.5 Å². The second kappa shape index (κ2) is 7.65. The molecular formula is C21H23ClFN7S. The Morgan fingerprint density at radius 2 is 1.94 bits per heavy atom. The van der Waals surface area contributed by atoms with E-state index in [-0.39, 0.29) is 18.2 Å². The molecule has 6 rings (SSSR count). The molecule has 31 heavy (non-hydrogen) atoms. The fourth-order valence-electron chi connectivity index (χ4n) is 4.82. The molecule has 6 heterocycles. The summed E-state index contributed by atoms with van der Waals surface area (Å²) in [5.74, 6) is 0.113. The van der Waals surface area contributed by atoms with Gasteiger partial charge in [-0.3, -0.25) is 0 Å². The zero-order valence-corrected chi connectivity index (χ0v) is 18.9. The number of imidazole rings is 1. The largest absolute Gasteiger partial charge is 0.348 e. The van der Waals surface area contributed by atoms with Crippen LogP contribution >= 0.6 is 23.7 Å². The van der Waals surface area contributed by atoms with Crippen molar-refractivity contribution in [2.75, 3.05) is 11.9 Å². The van der Waals surface area contributed by atoms with E-state index in [1.807, 2.05) is 13.1 Å². The van der Waals surface area contributed by atoms with E-state index in [4.69, 9.17) is 9.97 Å². The summed E-state index contributed by atoms with van der Waals surface area (Å²) in [5.41, 5.74) is 2.49. The van der Waals surface area contributed by atoms with Crippen LogP contribution in [0.5, 0.6) is 0 Å². The van der Waals surface area contributed by atoms with Crippen LogP contribution in [0.2, 0.25) is 0 Å². The Kier molecular flexibility index (Phi) is 5.07. The zero-order valence-electron chi connectivity index (χ0n) is 17.2. The van der Waals surface area contributed by atoms with Crippen LogP contribution in [0.15, 0.2) is 24.7 Å². The first kappa shape index (κ1) is 20.5. The molecular weight excluding hydrogens is 437 g/mol. The molecule has 4 aromatic heterocycles. The molecule has 162 valence electrons. The summed E-state index contributed by atoms with van der Waals surface area (Å²) >= 11 is 1.57. The quantitative estimate of drug-likeness (QED) is 0.499. The van der Waals surface area contributed by atoms with E-state index in [9.17, 15) is 4.39 Å². The fourth-order valence-corrected chi connectivity index (χ4v) is 5.76. The topological polar surface area (TPSA) is 71.2 Å². The Bertz CT molecular complexity index is 1260. The van der Waals surface area contributed by atoms with Crippen LogP contribution in [0.4, 0.5) is 9.52 Å². The summed E-state index contributed by atoms with van der Waals surface area (Å²) in [6.07, 6.45) is 10.2. The predicted molar refractivity (Wildman–Crippen MR) is 123 cm³/mol. The fraction of sp³-hybridized carbons (Fsp3) is 0.429. The van der Waals surface area contributed by atoms with Gasteiger partial charge in [-0.2, -0.15) is 0 Å². The normalized spacial score (nSPS) is 22.7. The lowest BCUT2D eigenvalue weighted by atomic mass is 9.99. The van der Waals surface area contributed by atoms with Crippen LogP contribution in [0, 0.1) is 12.7 Å². The number of nitrogens with one attached hydrogen (secondary N) is 1. The number of rotatable bonds is 3. The molecule has 2 fully saturated rings. The molecule has 0 radical (unpaired) electrons. The number of hydrogen-bond donors (Lipinski definition) is 1. The molecule has 2 unspecified atom stereocenters. The SMILES string of the molecule is Cc1cn2cc(-c3ncc4nc(N(C)C5CC6CCC(C5)N6)sc4n3)cc(F)c2n1.Cl. The molecule has 2 aliphatic heterocycles. The highest BCUT2D eigenvalue weighted by Gasteiger charge is 2.35. The van der Waals surface area contributed by atoms with Gasteiger partial charge in [-0.1, -0.05) is 11.3 Å². The molecule has 0 aliphatic carbocycles. The molecule has 4 aromatic rings. The van der Waals surface area contributed by atoms with Crippen LogP contribution in [0.25, 0.3) is 27.4 Å². The molecule has 1 N–H and O–H groups in total. The summed E-state index contributed by atoms with van der Waals surface area (Å²) in [6.45, 7) is 1.85. The van der Waals surface area contributed by atoms with Gasteiger partial charge in [-0.15, -0.1) is 12.4 Å². The van der Waals surface area contributed by atoms with Gasteiger partial charge in [0.2, 0.25) is 0 Å². The van der Waals surface area contributed by atoms with Gasteiger partial charge in [0.25, 0.3) is 0 Å². The van der Waals surface area contributed by atoms with Gasteiger partial charge in [-0.05, 0) is 38.7 Å². The first-order valence-corrected chi connectivity index (χ1v) is 11.1. The standard InChI is InChI=1S/C21H22FN7S.ClH/c1-11-9-29-10-12(5-16(22)19(29)24-11)18-23-8-17-20(27-18)30-21(26-17)28(2)15-6-13-3-4-14(7-15)25-13;/h5,8-10,13-15,25H,3-4,6-7H2,1-2H3;1H. The number of anilines is 1. The maximum absolute atomic E-state index is 14.5. The number of hydrogen-bond acceptors (Lipinski definition) is 7. The van der Waals surface area contributed by atoms with E-state index in [0.717, 1.165) is 34.0 Å². The summed E-state index contributed by atoms with van der Waals surface area (Å²) in [4.78, 5) is 21.3.